The molecule has 0 atom stereocenters. The number of benzene rings is 2. The summed E-state index contributed by atoms with van der Waals surface area (Å²) in [5.74, 6) is 1.80. The predicted octanol–water partition coefficient (Wildman–Crippen LogP) is 4.37. The molecule has 40 heavy (non-hydrogen) atoms. The molecule has 0 N–H and O–H groups in total. The molecule has 2 aliphatic heterocycles. The number of aromatic nitrogens is 3. The first-order valence-corrected chi connectivity index (χ1v) is 13.5. The third-order valence-corrected chi connectivity index (χ3v) is 7.31. The van der Waals surface area contributed by atoms with Crippen molar-refractivity contribution >= 4 is 22.6 Å². The summed E-state index contributed by atoms with van der Waals surface area (Å²) < 4.78 is 32.6. The maximum Gasteiger partial charge on any atom is 0.231 e. The van der Waals surface area contributed by atoms with Gasteiger partial charge in [0, 0.05) is 61.9 Å². The molecule has 2 aromatic carbocycles. The largest absolute Gasteiger partial charge is 0.454 e. The van der Waals surface area contributed by atoms with Crippen LogP contribution in [0.2, 0.25) is 0 Å². The highest BCUT2D eigenvalue weighted by atomic mass is 19.1. The van der Waals surface area contributed by atoms with Crippen molar-refractivity contribution in [2.45, 2.75) is 39.9 Å². The van der Waals surface area contributed by atoms with Crippen molar-refractivity contribution in [3.63, 3.8) is 0 Å². The first kappa shape index (κ1) is 26.1. The molecule has 0 radical (unpaired) electrons. The zero-order valence-corrected chi connectivity index (χ0v) is 22.7. The van der Waals surface area contributed by atoms with Gasteiger partial charge >= 0.3 is 0 Å². The minimum Gasteiger partial charge on any atom is -0.454 e. The maximum atomic E-state index is 14.1. The Bertz CT molecular complexity index is 1550. The molecule has 1 saturated heterocycles. The quantitative estimate of drug-likeness (QED) is 0.325. The SMILES string of the molecule is Cc1cc(C)n(CCC(=O)N(Cc2ccc3c(c2)OCO3)Cc2cc3ccc(F)cc3nc2N2CCOCC2)n1. The van der Waals surface area contributed by atoms with Crippen molar-refractivity contribution in [1.29, 1.82) is 0 Å². The molecule has 4 heterocycles. The van der Waals surface area contributed by atoms with Crippen LogP contribution in [0.3, 0.4) is 0 Å². The highest BCUT2D eigenvalue weighted by Gasteiger charge is 2.23. The van der Waals surface area contributed by atoms with Crippen molar-refractivity contribution in [2.75, 3.05) is 38.0 Å². The number of hydrogen-bond donors (Lipinski definition) is 0. The van der Waals surface area contributed by atoms with Gasteiger partial charge in [-0.1, -0.05) is 6.07 Å². The second-order valence-electron chi connectivity index (χ2n) is 10.2. The monoisotopic (exact) mass is 545 g/mol. The number of carbonyl (C=O) groups excluding carboxylic acids is 1. The molecule has 1 amide bonds. The third kappa shape index (κ3) is 5.58. The number of amides is 1. The summed E-state index contributed by atoms with van der Waals surface area (Å²) in [5.41, 5.74) is 4.38. The number of nitrogens with zero attached hydrogens (tertiary/aromatic N) is 5. The lowest BCUT2D eigenvalue weighted by Crippen LogP contribution is -2.38. The van der Waals surface area contributed by atoms with Crippen molar-refractivity contribution in [3.8, 4) is 11.5 Å². The van der Waals surface area contributed by atoms with Crippen molar-refractivity contribution in [3.05, 3.63) is 76.9 Å². The number of rotatable bonds is 8. The number of carbonyl (C=O) groups is 1. The van der Waals surface area contributed by atoms with Gasteiger partial charge in [-0.25, -0.2) is 9.37 Å². The van der Waals surface area contributed by atoms with Gasteiger partial charge in [-0.05, 0) is 55.8 Å². The topological polar surface area (TPSA) is 82.0 Å². The first-order chi connectivity index (χ1) is 19.4. The van der Waals surface area contributed by atoms with E-state index in [0.717, 1.165) is 33.7 Å². The lowest BCUT2D eigenvalue weighted by atomic mass is 10.1. The number of aryl methyl sites for hydroxylation is 3. The zero-order valence-electron chi connectivity index (χ0n) is 22.7. The molecular weight excluding hydrogens is 513 g/mol. The normalized spacial score (nSPS) is 14.6. The summed E-state index contributed by atoms with van der Waals surface area (Å²) in [6, 6.07) is 14.4. The standard InChI is InChI=1S/C30H32FN5O4/c1-20-13-21(2)36(33-20)8-7-29(37)35(17-22-3-6-27-28(14-22)40-19-39-27)18-24-15-23-4-5-25(31)16-26(23)32-30(24)34-9-11-38-12-10-34/h3-6,13-16H,7-12,17-19H2,1-2H3. The molecule has 10 heteroatoms. The summed E-state index contributed by atoms with van der Waals surface area (Å²) in [4.78, 5) is 22.7. The second kappa shape index (κ2) is 11.1. The maximum absolute atomic E-state index is 14.1. The van der Waals surface area contributed by atoms with E-state index in [0.29, 0.717) is 69.4 Å². The Labute approximate surface area is 232 Å². The van der Waals surface area contributed by atoms with Crippen LogP contribution in [0.25, 0.3) is 10.9 Å². The fourth-order valence-corrected chi connectivity index (χ4v) is 5.30. The number of fused-ring (bicyclic) bond motifs is 2. The van der Waals surface area contributed by atoms with E-state index >= 15 is 0 Å². The van der Waals surface area contributed by atoms with Crippen LogP contribution in [0.4, 0.5) is 10.2 Å². The number of hydrogen-bond acceptors (Lipinski definition) is 7. The van der Waals surface area contributed by atoms with Gasteiger partial charge in [0.25, 0.3) is 0 Å². The smallest absolute Gasteiger partial charge is 0.231 e. The number of anilines is 1. The average molecular weight is 546 g/mol. The number of halogens is 1. The summed E-state index contributed by atoms with van der Waals surface area (Å²) in [6.45, 7) is 7.88. The molecule has 0 saturated carbocycles. The van der Waals surface area contributed by atoms with Crippen LogP contribution in [-0.2, 0) is 29.2 Å². The van der Waals surface area contributed by atoms with Crippen LogP contribution in [0, 0.1) is 19.7 Å². The number of morpholine rings is 1. The van der Waals surface area contributed by atoms with Crippen molar-refractivity contribution in [1.82, 2.24) is 19.7 Å². The summed E-state index contributed by atoms with van der Waals surface area (Å²) in [7, 11) is 0. The van der Waals surface area contributed by atoms with E-state index in [1.807, 2.05) is 53.8 Å². The van der Waals surface area contributed by atoms with Gasteiger partial charge in [-0.2, -0.15) is 5.10 Å². The van der Waals surface area contributed by atoms with Crippen LogP contribution in [-0.4, -0.2) is 58.7 Å². The highest BCUT2D eigenvalue weighted by Crippen LogP contribution is 2.33. The van der Waals surface area contributed by atoms with Crippen LogP contribution in [0.1, 0.15) is 28.9 Å². The first-order valence-electron chi connectivity index (χ1n) is 13.5. The van der Waals surface area contributed by atoms with Crippen molar-refractivity contribution in [2.24, 2.45) is 0 Å². The number of ether oxygens (including phenoxy) is 3. The fourth-order valence-electron chi connectivity index (χ4n) is 5.30. The Hall–Kier alpha value is -4.18. The Morgan fingerprint density at radius 3 is 2.62 bits per heavy atom. The zero-order chi connectivity index (χ0) is 27.6. The van der Waals surface area contributed by atoms with Crippen LogP contribution < -0.4 is 14.4 Å². The van der Waals surface area contributed by atoms with E-state index < -0.39 is 0 Å². The lowest BCUT2D eigenvalue weighted by molar-refractivity contribution is -0.132. The van der Waals surface area contributed by atoms with Crippen LogP contribution >= 0.6 is 0 Å². The lowest BCUT2D eigenvalue weighted by Gasteiger charge is -2.31. The molecule has 2 aliphatic rings. The minimum absolute atomic E-state index is 0.00245. The predicted molar refractivity (Wildman–Crippen MR) is 148 cm³/mol. The van der Waals surface area contributed by atoms with E-state index in [1.165, 1.54) is 12.1 Å². The Kier molecular flexibility index (Phi) is 7.25. The molecule has 6 rings (SSSR count). The summed E-state index contributed by atoms with van der Waals surface area (Å²) in [6.07, 6.45) is 0.297. The van der Waals surface area contributed by atoms with Crippen LogP contribution in [0.5, 0.6) is 11.5 Å². The summed E-state index contributed by atoms with van der Waals surface area (Å²) in [5, 5.41) is 5.35. The van der Waals surface area contributed by atoms with Gasteiger partial charge in [-0.3, -0.25) is 9.48 Å². The molecule has 0 unspecified atom stereocenters. The van der Waals surface area contributed by atoms with E-state index in [1.54, 1.807) is 6.07 Å². The van der Waals surface area contributed by atoms with Gasteiger partial charge in [0.15, 0.2) is 11.5 Å². The Balaban J connectivity index is 1.33. The molecule has 4 aromatic rings. The molecule has 0 spiro atoms. The second-order valence-corrected chi connectivity index (χ2v) is 10.2. The highest BCUT2D eigenvalue weighted by molar-refractivity contribution is 5.82. The summed E-state index contributed by atoms with van der Waals surface area (Å²) >= 11 is 0. The molecular formula is C30H32FN5O4. The van der Waals surface area contributed by atoms with Gasteiger partial charge < -0.3 is 24.0 Å². The Morgan fingerprint density at radius 1 is 1.00 bits per heavy atom. The minimum atomic E-state index is -0.329. The van der Waals surface area contributed by atoms with E-state index in [-0.39, 0.29) is 18.5 Å². The van der Waals surface area contributed by atoms with E-state index in [9.17, 15) is 9.18 Å². The average Bonchev–Trinajstić information content (AvgIpc) is 3.56. The molecule has 208 valence electrons. The third-order valence-electron chi connectivity index (χ3n) is 7.31. The molecule has 0 aliphatic carbocycles. The van der Waals surface area contributed by atoms with Gasteiger partial charge in [0.1, 0.15) is 11.6 Å². The van der Waals surface area contributed by atoms with Gasteiger partial charge in [0.2, 0.25) is 12.7 Å². The van der Waals surface area contributed by atoms with Crippen molar-refractivity contribution < 1.29 is 23.4 Å². The van der Waals surface area contributed by atoms with Gasteiger partial charge in [-0.15, -0.1) is 0 Å². The fraction of sp³-hybridized carbons (Fsp3) is 0.367. The molecule has 1 fully saturated rings. The molecule has 9 nitrogen and oxygen atoms in total. The van der Waals surface area contributed by atoms with E-state index in [2.05, 4.69) is 10.00 Å². The molecule has 2 aromatic heterocycles. The van der Waals surface area contributed by atoms with E-state index in [4.69, 9.17) is 19.2 Å². The number of pyridine rings is 1. The van der Waals surface area contributed by atoms with Crippen LogP contribution in [0.15, 0.2) is 48.5 Å². The Morgan fingerprint density at radius 2 is 1.82 bits per heavy atom. The molecule has 0 bridgehead atoms. The van der Waals surface area contributed by atoms with Gasteiger partial charge in [0.05, 0.1) is 24.4 Å².